The van der Waals surface area contributed by atoms with E-state index in [1.54, 1.807) is 14.2 Å². The van der Waals surface area contributed by atoms with Crippen LogP contribution in [-0.4, -0.2) is 31.8 Å². The molecule has 27 heavy (non-hydrogen) atoms. The number of hydrogen-bond donors (Lipinski definition) is 1. The zero-order chi connectivity index (χ0) is 19.4. The fourth-order valence-corrected chi connectivity index (χ4v) is 3.94. The highest BCUT2D eigenvalue weighted by Crippen LogP contribution is 2.33. The number of nitrogens with zero attached hydrogens (tertiary/aromatic N) is 1. The van der Waals surface area contributed by atoms with Crippen LogP contribution in [0.15, 0.2) is 34.9 Å². The summed E-state index contributed by atoms with van der Waals surface area (Å²) in [6, 6.07) is 9.52. The van der Waals surface area contributed by atoms with Crippen LogP contribution in [0.25, 0.3) is 10.4 Å². The van der Waals surface area contributed by atoms with Gasteiger partial charge in [0.2, 0.25) is 0 Å². The number of carbonyl (C=O) groups is 1. The Morgan fingerprint density at radius 3 is 2.59 bits per heavy atom. The van der Waals surface area contributed by atoms with Crippen molar-refractivity contribution >= 4 is 17.2 Å². The van der Waals surface area contributed by atoms with Crippen molar-refractivity contribution in [1.82, 2.24) is 10.5 Å². The van der Waals surface area contributed by atoms with Gasteiger partial charge >= 0.3 is 0 Å². The molecule has 142 valence electrons. The molecule has 1 aromatic carbocycles. The average Bonchev–Trinajstić information content (AvgIpc) is 3.28. The maximum atomic E-state index is 12.4. The first-order chi connectivity index (χ1) is 13.0. The Bertz CT molecular complexity index is 926. The first kappa shape index (κ1) is 19.0. The second kappa shape index (κ2) is 8.26. The van der Waals surface area contributed by atoms with E-state index in [0.29, 0.717) is 29.3 Å². The molecule has 0 unspecified atom stereocenters. The van der Waals surface area contributed by atoms with Crippen molar-refractivity contribution in [1.29, 1.82) is 0 Å². The van der Waals surface area contributed by atoms with E-state index < -0.39 is 0 Å². The maximum Gasteiger partial charge on any atom is 0.261 e. The molecule has 0 saturated heterocycles. The highest BCUT2D eigenvalue weighted by atomic mass is 32.1. The van der Waals surface area contributed by atoms with Crippen LogP contribution in [0.1, 0.15) is 26.7 Å². The Morgan fingerprint density at radius 2 is 1.93 bits per heavy atom. The van der Waals surface area contributed by atoms with E-state index in [1.807, 2.05) is 44.2 Å². The van der Waals surface area contributed by atoms with Crippen molar-refractivity contribution in [2.24, 2.45) is 0 Å². The maximum absolute atomic E-state index is 12.4. The first-order valence-electron chi connectivity index (χ1n) is 8.55. The van der Waals surface area contributed by atoms with Gasteiger partial charge in [-0.05, 0) is 50.1 Å². The summed E-state index contributed by atoms with van der Waals surface area (Å²) in [6.45, 7) is 4.30. The van der Waals surface area contributed by atoms with E-state index in [1.165, 1.54) is 11.3 Å². The third-order valence-electron chi connectivity index (χ3n) is 4.26. The van der Waals surface area contributed by atoms with Gasteiger partial charge in [0.1, 0.15) is 5.76 Å². The number of hydrogen-bond acceptors (Lipinski definition) is 6. The molecule has 6 nitrogen and oxygen atoms in total. The second-order valence-corrected chi connectivity index (χ2v) is 7.14. The van der Waals surface area contributed by atoms with Crippen LogP contribution in [0.5, 0.6) is 11.5 Å². The molecule has 3 rings (SSSR count). The molecule has 0 bridgehead atoms. The van der Waals surface area contributed by atoms with Crippen molar-refractivity contribution in [3.8, 4) is 21.9 Å². The quantitative estimate of drug-likeness (QED) is 0.664. The van der Waals surface area contributed by atoms with Crippen LogP contribution in [0, 0.1) is 13.8 Å². The molecule has 0 atom stereocenters. The van der Waals surface area contributed by atoms with Gasteiger partial charge in [0.15, 0.2) is 11.5 Å². The Kier molecular flexibility index (Phi) is 5.81. The largest absolute Gasteiger partial charge is 0.493 e. The Morgan fingerprint density at radius 1 is 1.15 bits per heavy atom. The smallest absolute Gasteiger partial charge is 0.261 e. The van der Waals surface area contributed by atoms with E-state index in [2.05, 4.69) is 10.5 Å². The van der Waals surface area contributed by atoms with Crippen LogP contribution in [-0.2, 0) is 6.42 Å². The molecule has 0 spiro atoms. The topological polar surface area (TPSA) is 73.6 Å². The van der Waals surface area contributed by atoms with E-state index in [4.69, 9.17) is 14.0 Å². The summed E-state index contributed by atoms with van der Waals surface area (Å²) < 4.78 is 15.8. The first-order valence-corrected chi connectivity index (χ1v) is 9.37. The lowest BCUT2D eigenvalue weighted by Crippen LogP contribution is -2.24. The predicted molar refractivity (Wildman–Crippen MR) is 105 cm³/mol. The standard InChI is InChI=1S/C20H22N2O4S/c1-12-19(13(2)26-22-12)17-7-8-18(27-17)20(23)21-10-9-14-5-6-15(24-3)16(11-14)25-4/h5-8,11H,9-10H2,1-4H3,(H,21,23). The number of rotatable bonds is 7. The van der Waals surface area contributed by atoms with Gasteiger partial charge in [-0.1, -0.05) is 11.2 Å². The molecular formula is C20H22N2O4S. The van der Waals surface area contributed by atoms with Crippen LogP contribution in [0.4, 0.5) is 0 Å². The summed E-state index contributed by atoms with van der Waals surface area (Å²) >= 11 is 1.44. The van der Waals surface area contributed by atoms with Crippen molar-refractivity contribution in [2.45, 2.75) is 20.3 Å². The highest BCUT2D eigenvalue weighted by molar-refractivity contribution is 7.17. The zero-order valence-corrected chi connectivity index (χ0v) is 16.6. The van der Waals surface area contributed by atoms with Crippen molar-refractivity contribution in [3.05, 3.63) is 52.2 Å². The van der Waals surface area contributed by atoms with E-state index in [0.717, 1.165) is 27.5 Å². The molecule has 2 heterocycles. The monoisotopic (exact) mass is 386 g/mol. The van der Waals surface area contributed by atoms with E-state index in [9.17, 15) is 4.79 Å². The fraction of sp³-hybridized carbons (Fsp3) is 0.300. The number of thiophene rings is 1. The van der Waals surface area contributed by atoms with Crippen LogP contribution in [0.3, 0.4) is 0 Å². The molecule has 3 aromatic rings. The van der Waals surface area contributed by atoms with Crippen molar-refractivity contribution < 1.29 is 18.8 Å². The minimum absolute atomic E-state index is 0.0847. The Labute approximate surface area is 162 Å². The molecule has 0 saturated carbocycles. The minimum Gasteiger partial charge on any atom is -0.493 e. The van der Waals surface area contributed by atoms with Crippen molar-refractivity contribution in [3.63, 3.8) is 0 Å². The van der Waals surface area contributed by atoms with Gasteiger partial charge in [0.05, 0.1) is 30.4 Å². The van der Waals surface area contributed by atoms with E-state index in [-0.39, 0.29) is 5.91 Å². The van der Waals surface area contributed by atoms with Crippen LogP contribution in [0.2, 0.25) is 0 Å². The van der Waals surface area contributed by atoms with Gasteiger partial charge < -0.3 is 19.3 Å². The molecule has 0 fully saturated rings. The zero-order valence-electron chi connectivity index (χ0n) is 15.8. The number of nitrogens with one attached hydrogen (secondary N) is 1. The van der Waals surface area contributed by atoms with Gasteiger partial charge in [-0.2, -0.15) is 0 Å². The Balaban J connectivity index is 1.60. The summed E-state index contributed by atoms with van der Waals surface area (Å²) in [7, 11) is 3.21. The molecule has 0 radical (unpaired) electrons. The average molecular weight is 386 g/mol. The lowest BCUT2D eigenvalue weighted by Gasteiger charge is -2.10. The number of methoxy groups -OCH3 is 2. The second-order valence-electron chi connectivity index (χ2n) is 6.06. The summed E-state index contributed by atoms with van der Waals surface area (Å²) in [5.41, 5.74) is 2.86. The van der Waals surface area contributed by atoms with Gasteiger partial charge in [-0.15, -0.1) is 11.3 Å². The molecule has 7 heteroatoms. The predicted octanol–water partition coefficient (Wildman–Crippen LogP) is 4.01. The molecule has 2 aromatic heterocycles. The van der Waals surface area contributed by atoms with Gasteiger partial charge in [-0.25, -0.2) is 0 Å². The number of carbonyl (C=O) groups excluding carboxylic acids is 1. The van der Waals surface area contributed by atoms with Crippen LogP contribution >= 0.6 is 11.3 Å². The highest BCUT2D eigenvalue weighted by Gasteiger charge is 2.16. The van der Waals surface area contributed by atoms with Crippen molar-refractivity contribution in [2.75, 3.05) is 20.8 Å². The lowest BCUT2D eigenvalue weighted by molar-refractivity contribution is 0.0958. The lowest BCUT2D eigenvalue weighted by atomic mass is 10.1. The molecule has 0 aliphatic heterocycles. The molecule has 0 aliphatic rings. The number of ether oxygens (including phenoxy) is 2. The number of aromatic nitrogens is 1. The number of aryl methyl sites for hydroxylation is 2. The SMILES string of the molecule is COc1ccc(CCNC(=O)c2ccc(-c3c(C)noc3C)s2)cc1OC. The fourth-order valence-electron chi connectivity index (χ4n) is 2.87. The Hall–Kier alpha value is -2.80. The number of benzene rings is 1. The number of amides is 1. The van der Waals surface area contributed by atoms with Crippen LogP contribution < -0.4 is 14.8 Å². The van der Waals surface area contributed by atoms with Gasteiger partial charge in [-0.3, -0.25) is 4.79 Å². The molecule has 1 N–H and O–H groups in total. The summed E-state index contributed by atoms with van der Waals surface area (Å²) in [5, 5.41) is 6.93. The third-order valence-corrected chi connectivity index (χ3v) is 5.36. The van der Waals surface area contributed by atoms with Gasteiger partial charge in [0.25, 0.3) is 5.91 Å². The summed E-state index contributed by atoms with van der Waals surface area (Å²) in [4.78, 5) is 14.1. The third kappa shape index (κ3) is 4.14. The molecular weight excluding hydrogens is 364 g/mol. The molecule has 0 aliphatic carbocycles. The van der Waals surface area contributed by atoms with Gasteiger partial charge in [0, 0.05) is 11.4 Å². The summed E-state index contributed by atoms with van der Waals surface area (Å²) in [6.07, 6.45) is 0.703. The molecule has 1 amide bonds. The minimum atomic E-state index is -0.0847. The van der Waals surface area contributed by atoms with E-state index >= 15 is 0 Å². The normalized spacial score (nSPS) is 10.7. The summed E-state index contributed by atoms with van der Waals surface area (Å²) in [5.74, 6) is 2.05.